The molecule has 1 saturated heterocycles. The second kappa shape index (κ2) is 7.35. The quantitative estimate of drug-likeness (QED) is 0.907. The van der Waals surface area contributed by atoms with E-state index in [0.29, 0.717) is 18.3 Å². The molecule has 6 heteroatoms. The third-order valence-electron chi connectivity index (χ3n) is 5.23. The van der Waals surface area contributed by atoms with E-state index in [1.165, 1.54) is 17.5 Å². The van der Waals surface area contributed by atoms with E-state index < -0.39 is 0 Å². The molecule has 3 heterocycles. The first-order valence-electron chi connectivity index (χ1n) is 8.89. The summed E-state index contributed by atoms with van der Waals surface area (Å²) in [6.45, 7) is 5.76. The van der Waals surface area contributed by atoms with Crippen LogP contribution in [-0.4, -0.2) is 58.1 Å². The van der Waals surface area contributed by atoms with E-state index in [-0.39, 0.29) is 5.91 Å². The van der Waals surface area contributed by atoms with Crippen molar-refractivity contribution in [3.05, 3.63) is 46.5 Å². The van der Waals surface area contributed by atoms with Crippen LogP contribution in [0.2, 0.25) is 0 Å². The Morgan fingerprint density at radius 1 is 1.44 bits per heavy atom. The van der Waals surface area contributed by atoms with Gasteiger partial charge >= 0.3 is 0 Å². The van der Waals surface area contributed by atoms with E-state index in [4.69, 9.17) is 0 Å². The van der Waals surface area contributed by atoms with E-state index in [1.807, 2.05) is 33.0 Å². The molecule has 134 valence electrons. The van der Waals surface area contributed by atoms with Crippen LogP contribution in [0.4, 0.5) is 0 Å². The maximum atomic E-state index is 12.7. The molecule has 2 aromatic heterocycles. The summed E-state index contributed by atoms with van der Waals surface area (Å²) in [4.78, 5) is 21.1. The number of carbonyl (C=O) groups excluding carboxylic acids is 1. The van der Waals surface area contributed by atoms with E-state index in [9.17, 15) is 4.79 Å². The Hall–Kier alpha value is -2.21. The van der Waals surface area contributed by atoms with Crippen molar-refractivity contribution >= 4 is 5.91 Å². The van der Waals surface area contributed by atoms with Crippen LogP contribution in [-0.2, 0) is 6.42 Å². The Morgan fingerprint density at radius 2 is 2.24 bits per heavy atom. The van der Waals surface area contributed by atoms with Crippen LogP contribution in [0.25, 0.3) is 0 Å². The van der Waals surface area contributed by atoms with Gasteiger partial charge in [-0.25, -0.2) is 0 Å². The van der Waals surface area contributed by atoms with Crippen molar-refractivity contribution in [3.63, 3.8) is 0 Å². The molecule has 0 aromatic carbocycles. The van der Waals surface area contributed by atoms with Gasteiger partial charge in [0.1, 0.15) is 5.69 Å². The molecule has 1 N–H and O–H groups in total. The fourth-order valence-corrected chi connectivity index (χ4v) is 3.62. The first-order valence-corrected chi connectivity index (χ1v) is 8.89. The van der Waals surface area contributed by atoms with Gasteiger partial charge in [0.2, 0.25) is 0 Å². The van der Waals surface area contributed by atoms with Gasteiger partial charge in [0.25, 0.3) is 5.91 Å². The maximum absolute atomic E-state index is 12.7. The zero-order chi connectivity index (χ0) is 18.0. The molecular formula is C19H27N5O. The highest BCUT2D eigenvalue weighted by molar-refractivity contribution is 5.92. The third-order valence-corrected chi connectivity index (χ3v) is 5.23. The lowest BCUT2D eigenvalue weighted by atomic mass is 10.0. The smallest absolute Gasteiger partial charge is 0.272 e. The summed E-state index contributed by atoms with van der Waals surface area (Å²) in [7, 11) is 3.98. The van der Waals surface area contributed by atoms with Gasteiger partial charge in [-0.2, -0.15) is 5.10 Å². The highest BCUT2D eigenvalue weighted by Crippen LogP contribution is 2.30. The molecule has 0 aliphatic carbocycles. The number of carbonyl (C=O) groups is 1. The maximum Gasteiger partial charge on any atom is 0.272 e. The van der Waals surface area contributed by atoms with Gasteiger partial charge in [0.15, 0.2) is 0 Å². The molecule has 1 aliphatic heterocycles. The van der Waals surface area contributed by atoms with Gasteiger partial charge in [-0.3, -0.25) is 19.8 Å². The minimum Gasteiger partial charge on any atom is -0.340 e. The number of hydrogen-bond acceptors (Lipinski definition) is 4. The first kappa shape index (κ1) is 17.6. The van der Waals surface area contributed by atoms with Crippen molar-refractivity contribution in [1.29, 1.82) is 0 Å². The number of nitrogens with zero attached hydrogens (tertiary/aromatic N) is 4. The summed E-state index contributed by atoms with van der Waals surface area (Å²) in [6, 6.07) is 4.39. The van der Waals surface area contributed by atoms with Crippen LogP contribution in [0, 0.1) is 13.8 Å². The van der Waals surface area contributed by atoms with Gasteiger partial charge in [-0.1, -0.05) is 0 Å². The number of amides is 1. The second-order valence-electron chi connectivity index (χ2n) is 7.00. The molecule has 1 amide bonds. The Morgan fingerprint density at radius 3 is 2.88 bits per heavy atom. The summed E-state index contributed by atoms with van der Waals surface area (Å²) in [5.41, 5.74) is 4.98. The Bertz CT molecular complexity index is 735. The standard InChI is InChI=1S/C19H27N5O/c1-13-16(14(2)22-21-13)8-11-24(4)19(25)17-12-15(7-9-20-17)18-6-5-10-23(18)3/h7,9,12,18H,5-6,8,10-11H2,1-4H3,(H,21,22)/t18-/m1/s1. The average molecular weight is 341 g/mol. The minimum absolute atomic E-state index is 0.0266. The van der Waals surface area contributed by atoms with Crippen molar-refractivity contribution < 1.29 is 4.79 Å². The van der Waals surface area contributed by atoms with Crippen LogP contribution >= 0.6 is 0 Å². The summed E-state index contributed by atoms with van der Waals surface area (Å²) in [5, 5.41) is 7.21. The number of likely N-dealkylation sites (tertiary alicyclic amines) is 1. The molecule has 1 atom stereocenters. The zero-order valence-corrected chi connectivity index (χ0v) is 15.5. The lowest BCUT2D eigenvalue weighted by Crippen LogP contribution is -2.30. The van der Waals surface area contributed by atoms with Crippen LogP contribution in [0.3, 0.4) is 0 Å². The number of pyridine rings is 1. The molecule has 0 spiro atoms. The fourth-order valence-electron chi connectivity index (χ4n) is 3.62. The predicted molar refractivity (Wildman–Crippen MR) is 97.6 cm³/mol. The Kier molecular flexibility index (Phi) is 5.18. The van der Waals surface area contributed by atoms with Crippen molar-refractivity contribution in [2.75, 3.05) is 27.2 Å². The normalized spacial score (nSPS) is 17.8. The predicted octanol–water partition coefficient (Wildman–Crippen LogP) is 2.50. The number of nitrogens with one attached hydrogen (secondary N) is 1. The molecule has 25 heavy (non-hydrogen) atoms. The molecule has 0 bridgehead atoms. The summed E-state index contributed by atoms with van der Waals surface area (Å²) in [5.74, 6) is -0.0266. The second-order valence-corrected chi connectivity index (χ2v) is 7.00. The van der Waals surface area contributed by atoms with Crippen molar-refractivity contribution in [1.82, 2.24) is 25.0 Å². The zero-order valence-electron chi connectivity index (χ0n) is 15.5. The molecule has 6 nitrogen and oxygen atoms in total. The molecule has 1 aliphatic rings. The van der Waals surface area contributed by atoms with Crippen LogP contribution in [0.15, 0.2) is 18.3 Å². The van der Waals surface area contributed by atoms with Crippen molar-refractivity contribution in [2.45, 2.75) is 39.2 Å². The van der Waals surface area contributed by atoms with E-state index in [1.54, 1.807) is 11.1 Å². The monoisotopic (exact) mass is 341 g/mol. The van der Waals surface area contributed by atoms with Crippen LogP contribution in [0.5, 0.6) is 0 Å². The highest BCUT2D eigenvalue weighted by atomic mass is 16.2. The molecule has 1 fully saturated rings. The third kappa shape index (κ3) is 3.74. The number of aryl methyl sites for hydroxylation is 2. The SMILES string of the molecule is Cc1n[nH]c(C)c1CCN(C)C(=O)c1cc([C@H]2CCCN2C)ccn1. The van der Waals surface area contributed by atoms with Crippen molar-refractivity contribution in [3.8, 4) is 0 Å². The number of likely N-dealkylation sites (N-methyl/N-ethyl adjacent to an activating group) is 1. The molecule has 3 rings (SSSR count). The summed E-state index contributed by atoms with van der Waals surface area (Å²) < 4.78 is 0. The van der Waals surface area contributed by atoms with E-state index >= 15 is 0 Å². The van der Waals surface area contributed by atoms with Gasteiger partial charge in [0, 0.05) is 31.5 Å². The number of aromatic amines is 1. The molecular weight excluding hydrogens is 314 g/mol. The van der Waals surface area contributed by atoms with Crippen LogP contribution in [0.1, 0.15) is 51.9 Å². The molecule has 0 radical (unpaired) electrons. The molecule has 0 unspecified atom stereocenters. The highest BCUT2D eigenvalue weighted by Gasteiger charge is 2.24. The Balaban J connectivity index is 1.68. The largest absolute Gasteiger partial charge is 0.340 e. The van der Waals surface area contributed by atoms with Gasteiger partial charge in [0.05, 0.1) is 5.69 Å². The number of hydrogen-bond donors (Lipinski definition) is 1. The summed E-state index contributed by atoms with van der Waals surface area (Å²) >= 11 is 0. The fraction of sp³-hybridized carbons (Fsp3) is 0.526. The first-order chi connectivity index (χ1) is 12.0. The summed E-state index contributed by atoms with van der Waals surface area (Å²) in [6.07, 6.45) is 4.90. The molecule has 2 aromatic rings. The number of rotatable bonds is 5. The van der Waals surface area contributed by atoms with Gasteiger partial charge in [-0.15, -0.1) is 0 Å². The van der Waals surface area contributed by atoms with E-state index in [0.717, 1.165) is 30.8 Å². The average Bonchev–Trinajstić information content (AvgIpc) is 3.18. The van der Waals surface area contributed by atoms with Crippen molar-refractivity contribution in [2.24, 2.45) is 0 Å². The van der Waals surface area contributed by atoms with Gasteiger partial charge < -0.3 is 4.90 Å². The lowest BCUT2D eigenvalue weighted by molar-refractivity contribution is 0.0790. The lowest BCUT2D eigenvalue weighted by Gasteiger charge is -2.21. The number of aromatic nitrogens is 3. The topological polar surface area (TPSA) is 65.1 Å². The van der Waals surface area contributed by atoms with Gasteiger partial charge in [-0.05, 0) is 70.0 Å². The van der Waals surface area contributed by atoms with E-state index in [2.05, 4.69) is 27.1 Å². The minimum atomic E-state index is -0.0266. The Labute approximate surface area is 149 Å². The molecule has 0 saturated carbocycles. The van der Waals surface area contributed by atoms with Crippen LogP contribution < -0.4 is 0 Å². The number of H-pyrrole nitrogens is 1.